The van der Waals surface area contributed by atoms with E-state index in [0.29, 0.717) is 24.3 Å². The van der Waals surface area contributed by atoms with E-state index in [-0.39, 0.29) is 24.8 Å². The summed E-state index contributed by atoms with van der Waals surface area (Å²) in [7, 11) is 0. The van der Waals surface area contributed by atoms with E-state index in [4.69, 9.17) is 4.74 Å². The van der Waals surface area contributed by atoms with Crippen molar-refractivity contribution < 1.29 is 31.8 Å². The minimum absolute atomic E-state index is 0.0688. The molecule has 0 radical (unpaired) electrons. The van der Waals surface area contributed by atoms with Crippen LogP contribution in [0.3, 0.4) is 0 Å². The van der Waals surface area contributed by atoms with Crippen LogP contribution < -0.4 is 5.32 Å². The third-order valence-electron chi connectivity index (χ3n) is 3.77. The van der Waals surface area contributed by atoms with E-state index >= 15 is 0 Å². The Hall–Kier alpha value is -1.87. The molecule has 1 N–H and O–H groups in total. The quantitative estimate of drug-likeness (QED) is 0.768. The molecule has 9 heteroatoms. The molecule has 0 aliphatic carbocycles. The van der Waals surface area contributed by atoms with Gasteiger partial charge in [0.2, 0.25) is 0 Å². The van der Waals surface area contributed by atoms with Crippen LogP contribution in [0.1, 0.15) is 19.4 Å². The van der Waals surface area contributed by atoms with E-state index in [1.807, 2.05) is 13.8 Å². The van der Waals surface area contributed by atoms with Crippen LogP contribution in [0.2, 0.25) is 0 Å². The number of amides is 2. The monoisotopic (exact) mass is 378 g/mol. The van der Waals surface area contributed by atoms with Crippen molar-refractivity contribution in [2.24, 2.45) is 0 Å². The number of ether oxygens (including phenoxy) is 2. The van der Waals surface area contributed by atoms with Crippen LogP contribution in [0.15, 0.2) is 24.3 Å². The Balaban J connectivity index is 1.89. The number of urea groups is 1. The number of carbonyl (C=O) groups is 1. The fourth-order valence-electron chi connectivity index (χ4n) is 2.65. The van der Waals surface area contributed by atoms with Crippen LogP contribution in [0.5, 0.6) is 0 Å². The van der Waals surface area contributed by atoms with Gasteiger partial charge in [-0.05, 0) is 31.5 Å². The van der Waals surface area contributed by atoms with Gasteiger partial charge < -0.3 is 19.7 Å². The van der Waals surface area contributed by atoms with Crippen molar-refractivity contribution in [2.45, 2.75) is 45.0 Å². The van der Waals surface area contributed by atoms with E-state index < -0.39 is 19.0 Å². The van der Waals surface area contributed by atoms with Gasteiger partial charge >= 0.3 is 18.4 Å². The third-order valence-corrected chi connectivity index (χ3v) is 3.77. The van der Waals surface area contributed by atoms with E-state index in [0.717, 1.165) is 0 Å². The molecule has 0 saturated carbocycles. The van der Waals surface area contributed by atoms with Gasteiger partial charge in [0, 0.05) is 18.8 Å². The van der Waals surface area contributed by atoms with Crippen molar-refractivity contribution >= 4 is 11.7 Å². The topological polar surface area (TPSA) is 50.8 Å². The highest BCUT2D eigenvalue weighted by atomic mass is 19.3. The number of alkyl halides is 4. The number of nitrogens with zero attached hydrogens (tertiary/aromatic N) is 1. The summed E-state index contributed by atoms with van der Waals surface area (Å²) in [6.45, 7) is 3.04. The Morgan fingerprint density at radius 2 is 2.00 bits per heavy atom. The number of hydrogen-bond donors (Lipinski definition) is 1. The second kappa shape index (κ2) is 8.68. The highest BCUT2D eigenvalue weighted by Gasteiger charge is 2.40. The number of hydrogen-bond acceptors (Lipinski definition) is 3. The van der Waals surface area contributed by atoms with Crippen molar-refractivity contribution in [3.05, 3.63) is 29.8 Å². The molecule has 2 rings (SSSR count). The number of halogens is 4. The molecule has 1 aromatic carbocycles. The first-order chi connectivity index (χ1) is 12.2. The van der Waals surface area contributed by atoms with Gasteiger partial charge in [-0.3, -0.25) is 0 Å². The van der Waals surface area contributed by atoms with Crippen molar-refractivity contribution in [1.82, 2.24) is 4.90 Å². The largest absolute Gasteiger partial charge is 0.372 e. The van der Waals surface area contributed by atoms with Crippen LogP contribution in [0, 0.1) is 0 Å². The Labute approximate surface area is 149 Å². The second-order valence-corrected chi connectivity index (χ2v) is 6.35. The van der Waals surface area contributed by atoms with Crippen LogP contribution in [0.4, 0.5) is 28.0 Å². The molecule has 2 atom stereocenters. The third kappa shape index (κ3) is 5.84. The van der Waals surface area contributed by atoms with Gasteiger partial charge in [-0.15, -0.1) is 0 Å². The fourth-order valence-corrected chi connectivity index (χ4v) is 2.65. The van der Waals surface area contributed by atoms with E-state index in [1.54, 1.807) is 29.2 Å². The summed E-state index contributed by atoms with van der Waals surface area (Å²) in [6.07, 6.45) is -3.91. The summed E-state index contributed by atoms with van der Waals surface area (Å²) in [5.41, 5.74) is 0.945. The Morgan fingerprint density at radius 3 is 2.62 bits per heavy atom. The van der Waals surface area contributed by atoms with Crippen LogP contribution in [-0.4, -0.2) is 55.2 Å². The van der Waals surface area contributed by atoms with E-state index in [9.17, 15) is 22.4 Å². The SMILES string of the molecule is C[C@@H]1CN(C(=O)Nc2cccc(COCC(F)(F)C(F)F)c2)C[C@H](C)O1. The first-order valence-corrected chi connectivity index (χ1v) is 8.21. The maximum Gasteiger partial charge on any atom is 0.330 e. The normalized spacial score (nSPS) is 21.1. The molecular weight excluding hydrogens is 356 g/mol. The van der Waals surface area contributed by atoms with Crippen LogP contribution in [-0.2, 0) is 16.1 Å². The van der Waals surface area contributed by atoms with Gasteiger partial charge in [-0.2, -0.15) is 8.78 Å². The predicted octanol–water partition coefficient (Wildman–Crippen LogP) is 3.74. The van der Waals surface area contributed by atoms with Gasteiger partial charge in [0.15, 0.2) is 0 Å². The lowest BCUT2D eigenvalue weighted by atomic mass is 10.2. The molecule has 1 aliphatic heterocycles. The standard InChI is InChI=1S/C17H22F4N2O3/c1-11-7-23(8-12(2)26-11)16(24)22-14-5-3-4-13(6-14)9-25-10-17(20,21)15(18)19/h3-6,11-12,15H,7-10H2,1-2H3,(H,22,24)/t11-,12+. The number of morpholine rings is 1. The molecule has 0 aromatic heterocycles. The van der Waals surface area contributed by atoms with Gasteiger partial charge in [0.1, 0.15) is 6.61 Å². The first-order valence-electron chi connectivity index (χ1n) is 8.21. The van der Waals surface area contributed by atoms with Crippen LogP contribution >= 0.6 is 0 Å². The van der Waals surface area contributed by atoms with Gasteiger partial charge in [0.25, 0.3) is 0 Å². The molecule has 2 amide bonds. The molecule has 0 bridgehead atoms. The summed E-state index contributed by atoms with van der Waals surface area (Å²) in [4.78, 5) is 14.0. The van der Waals surface area contributed by atoms with Gasteiger partial charge in [-0.1, -0.05) is 12.1 Å². The molecule has 1 aliphatic rings. The lowest BCUT2D eigenvalue weighted by molar-refractivity contribution is -0.168. The van der Waals surface area contributed by atoms with Crippen molar-refractivity contribution in [2.75, 3.05) is 25.0 Å². The van der Waals surface area contributed by atoms with Crippen molar-refractivity contribution in [3.8, 4) is 0 Å². The molecule has 1 heterocycles. The summed E-state index contributed by atoms with van der Waals surface area (Å²) >= 11 is 0. The minimum atomic E-state index is -4.18. The van der Waals surface area contributed by atoms with Crippen LogP contribution in [0.25, 0.3) is 0 Å². The smallest absolute Gasteiger partial charge is 0.330 e. The first kappa shape index (κ1) is 20.4. The van der Waals surface area contributed by atoms with Gasteiger partial charge in [0.05, 0.1) is 18.8 Å². The molecule has 1 aromatic rings. The lowest BCUT2D eigenvalue weighted by Crippen LogP contribution is -2.49. The summed E-state index contributed by atoms with van der Waals surface area (Å²) in [5.74, 6) is -4.18. The highest BCUT2D eigenvalue weighted by Crippen LogP contribution is 2.23. The second-order valence-electron chi connectivity index (χ2n) is 6.35. The summed E-state index contributed by atoms with van der Waals surface area (Å²) in [6, 6.07) is 6.10. The summed E-state index contributed by atoms with van der Waals surface area (Å²) < 4.78 is 60.1. The molecule has 1 saturated heterocycles. The Morgan fingerprint density at radius 1 is 1.35 bits per heavy atom. The minimum Gasteiger partial charge on any atom is -0.372 e. The number of rotatable bonds is 6. The highest BCUT2D eigenvalue weighted by molar-refractivity contribution is 5.89. The van der Waals surface area contributed by atoms with Gasteiger partial charge in [-0.25, -0.2) is 13.6 Å². The zero-order valence-electron chi connectivity index (χ0n) is 14.6. The molecule has 5 nitrogen and oxygen atoms in total. The maximum atomic E-state index is 12.8. The lowest BCUT2D eigenvalue weighted by Gasteiger charge is -2.35. The Bertz CT molecular complexity index is 605. The fraction of sp³-hybridized carbons (Fsp3) is 0.588. The van der Waals surface area contributed by atoms with Crippen molar-refractivity contribution in [1.29, 1.82) is 0 Å². The van der Waals surface area contributed by atoms with E-state index in [1.165, 1.54) is 0 Å². The Kier molecular flexibility index (Phi) is 6.82. The number of anilines is 1. The molecule has 0 spiro atoms. The average Bonchev–Trinajstić information content (AvgIpc) is 2.54. The predicted molar refractivity (Wildman–Crippen MR) is 87.6 cm³/mol. The zero-order chi connectivity index (χ0) is 19.3. The number of benzene rings is 1. The molecule has 146 valence electrons. The molecule has 0 unspecified atom stereocenters. The zero-order valence-corrected chi connectivity index (χ0v) is 14.6. The molecular formula is C17H22F4N2O3. The number of carbonyl (C=O) groups excluding carboxylic acids is 1. The molecule has 26 heavy (non-hydrogen) atoms. The van der Waals surface area contributed by atoms with Crippen molar-refractivity contribution in [3.63, 3.8) is 0 Å². The summed E-state index contributed by atoms with van der Waals surface area (Å²) in [5, 5.41) is 2.73. The molecule has 1 fully saturated rings. The average molecular weight is 378 g/mol. The maximum absolute atomic E-state index is 12.8. The number of nitrogens with one attached hydrogen (secondary N) is 1. The van der Waals surface area contributed by atoms with E-state index in [2.05, 4.69) is 10.1 Å².